The van der Waals surface area contributed by atoms with Gasteiger partial charge in [0, 0.05) is 4.90 Å². The van der Waals surface area contributed by atoms with E-state index in [1.807, 2.05) is 54.6 Å². The number of anilines is 1. The van der Waals surface area contributed by atoms with Gasteiger partial charge in [-0.15, -0.1) is 0 Å². The van der Waals surface area contributed by atoms with Crippen molar-refractivity contribution in [2.45, 2.75) is 4.90 Å². The van der Waals surface area contributed by atoms with Crippen LogP contribution in [-0.4, -0.2) is 15.2 Å². The zero-order chi connectivity index (χ0) is 13.1. The molecule has 0 saturated heterocycles. The van der Waals surface area contributed by atoms with Crippen molar-refractivity contribution in [3.05, 3.63) is 54.6 Å². The Hall–Kier alpha value is -2.27. The SMILES string of the molecule is O=C(Nc1nc2ccccc2[nH]1)Sc1ccccc1. The van der Waals surface area contributed by atoms with Crippen molar-refractivity contribution < 1.29 is 4.79 Å². The second kappa shape index (κ2) is 5.16. The van der Waals surface area contributed by atoms with Gasteiger partial charge in [0.1, 0.15) is 0 Å². The van der Waals surface area contributed by atoms with Gasteiger partial charge in [-0.2, -0.15) is 0 Å². The molecule has 19 heavy (non-hydrogen) atoms. The Bertz CT molecular complexity index is 676. The summed E-state index contributed by atoms with van der Waals surface area (Å²) in [5.74, 6) is 0.467. The molecular weight excluding hydrogens is 258 g/mol. The summed E-state index contributed by atoms with van der Waals surface area (Å²) in [6.45, 7) is 0. The number of rotatable bonds is 2. The molecule has 3 rings (SSSR count). The van der Waals surface area contributed by atoms with E-state index in [9.17, 15) is 4.79 Å². The van der Waals surface area contributed by atoms with Gasteiger partial charge in [0.25, 0.3) is 5.24 Å². The van der Waals surface area contributed by atoms with Crippen LogP contribution >= 0.6 is 11.8 Å². The number of H-pyrrole nitrogens is 1. The molecule has 3 aromatic rings. The molecule has 0 spiro atoms. The van der Waals surface area contributed by atoms with E-state index in [1.165, 1.54) is 0 Å². The number of carbonyl (C=O) groups excluding carboxylic acids is 1. The average molecular weight is 269 g/mol. The molecule has 1 aromatic heterocycles. The summed E-state index contributed by atoms with van der Waals surface area (Å²) in [5, 5.41) is 2.58. The van der Waals surface area contributed by atoms with Gasteiger partial charge in [-0.05, 0) is 36.0 Å². The Kier molecular flexibility index (Phi) is 3.20. The highest BCUT2D eigenvalue weighted by Crippen LogP contribution is 2.20. The minimum Gasteiger partial charge on any atom is -0.324 e. The Labute approximate surface area is 114 Å². The number of thioether (sulfide) groups is 1. The molecule has 5 heteroatoms. The fourth-order valence-corrected chi connectivity index (χ4v) is 2.38. The zero-order valence-corrected chi connectivity index (χ0v) is 10.8. The van der Waals surface area contributed by atoms with E-state index in [0.29, 0.717) is 5.95 Å². The number of hydrogen-bond donors (Lipinski definition) is 2. The second-order valence-corrected chi connectivity index (χ2v) is 4.98. The highest BCUT2D eigenvalue weighted by atomic mass is 32.2. The minimum atomic E-state index is -0.162. The summed E-state index contributed by atoms with van der Waals surface area (Å²) in [6, 6.07) is 17.1. The molecule has 0 aliphatic carbocycles. The largest absolute Gasteiger partial charge is 0.324 e. The van der Waals surface area contributed by atoms with E-state index in [0.717, 1.165) is 27.7 Å². The fraction of sp³-hybridized carbons (Fsp3) is 0. The molecule has 94 valence electrons. The van der Waals surface area contributed by atoms with Crippen molar-refractivity contribution in [2.24, 2.45) is 0 Å². The zero-order valence-electron chi connectivity index (χ0n) is 9.96. The molecule has 0 aliphatic heterocycles. The Morgan fingerprint density at radius 1 is 1.05 bits per heavy atom. The van der Waals surface area contributed by atoms with E-state index in [-0.39, 0.29) is 5.24 Å². The molecular formula is C14H11N3OS. The van der Waals surface area contributed by atoms with Crippen LogP contribution in [0.15, 0.2) is 59.5 Å². The van der Waals surface area contributed by atoms with Crippen LogP contribution in [0, 0.1) is 0 Å². The Balaban J connectivity index is 1.72. The number of para-hydroxylation sites is 2. The third-order valence-corrected chi connectivity index (χ3v) is 3.36. The van der Waals surface area contributed by atoms with Gasteiger partial charge >= 0.3 is 0 Å². The standard InChI is InChI=1S/C14H11N3OS/c18-14(19-10-6-2-1-3-7-10)17-13-15-11-8-4-5-9-12(11)16-13/h1-9H,(H2,15,16,17,18). The number of benzene rings is 2. The van der Waals surface area contributed by atoms with E-state index in [2.05, 4.69) is 15.3 Å². The Morgan fingerprint density at radius 3 is 2.58 bits per heavy atom. The topological polar surface area (TPSA) is 57.8 Å². The van der Waals surface area contributed by atoms with Crippen molar-refractivity contribution in [2.75, 3.05) is 5.32 Å². The first kappa shape index (κ1) is 11.8. The van der Waals surface area contributed by atoms with Gasteiger partial charge in [-0.3, -0.25) is 10.1 Å². The number of amides is 1. The van der Waals surface area contributed by atoms with E-state index in [1.54, 1.807) is 0 Å². The maximum absolute atomic E-state index is 11.9. The first-order chi connectivity index (χ1) is 9.31. The lowest BCUT2D eigenvalue weighted by Crippen LogP contribution is -2.05. The molecule has 2 aromatic carbocycles. The molecule has 1 heterocycles. The first-order valence-electron chi connectivity index (χ1n) is 5.80. The maximum Gasteiger partial charge on any atom is 0.290 e. The van der Waals surface area contributed by atoms with Gasteiger partial charge in [-0.25, -0.2) is 4.98 Å². The average Bonchev–Trinajstić information content (AvgIpc) is 2.81. The maximum atomic E-state index is 11.9. The van der Waals surface area contributed by atoms with Gasteiger partial charge in [0.05, 0.1) is 11.0 Å². The van der Waals surface area contributed by atoms with Gasteiger partial charge < -0.3 is 4.98 Å². The van der Waals surface area contributed by atoms with Crippen molar-refractivity contribution in [3.8, 4) is 0 Å². The highest BCUT2D eigenvalue weighted by molar-refractivity contribution is 8.13. The normalized spacial score (nSPS) is 10.5. The molecule has 0 unspecified atom stereocenters. The highest BCUT2D eigenvalue weighted by Gasteiger charge is 2.07. The molecule has 0 fully saturated rings. The van der Waals surface area contributed by atoms with Crippen LogP contribution in [0.25, 0.3) is 11.0 Å². The number of aromatic nitrogens is 2. The van der Waals surface area contributed by atoms with Crippen LogP contribution in [0.4, 0.5) is 10.7 Å². The third-order valence-electron chi connectivity index (χ3n) is 2.56. The molecule has 0 saturated carbocycles. The molecule has 0 aliphatic rings. The summed E-state index contributed by atoms with van der Waals surface area (Å²) in [5.41, 5.74) is 1.74. The van der Waals surface area contributed by atoms with Crippen molar-refractivity contribution in [1.29, 1.82) is 0 Å². The summed E-state index contributed by atoms with van der Waals surface area (Å²) in [4.78, 5) is 20.1. The quantitative estimate of drug-likeness (QED) is 0.694. The summed E-state index contributed by atoms with van der Waals surface area (Å²) >= 11 is 1.14. The number of imidazole rings is 1. The van der Waals surface area contributed by atoms with E-state index < -0.39 is 0 Å². The summed E-state index contributed by atoms with van der Waals surface area (Å²) in [7, 11) is 0. The summed E-state index contributed by atoms with van der Waals surface area (Å²) in [6.07, 6.45) is 0. The predicted molar refractivity (Wildman–Crippen MR) is 77.4 cm³/mol. The Morgan fingerprint density at radius 2 is 1.79 bits per heavy atom. The lowest BCUT2D eigenvalue weighted by molar-refractivity contribution is 0.269. The fourth-order valence-electron chi connectivity index (χ4n) is 1.73. The second-order valence-electron chi connectivity index (χ2n) is 3.93. The van der Waals surface area contributed by atoms with Crippen LogP contribution in [-0.2, 0) is 0 Å². The molecule has 2 N–H and O–H groups in total. The van der Waals surface area contributed by atoms with Crippen LogP contribution in [0.3, 0.4) is 0 Å². The van der Waals surface area contributed by atoms with Crippen LogP contribution in [0.2, 0.25) is 0 Å². The van der Waals surface area contributed by atoms with E-state index >= 15 is 0 Å². The van der Waals surface area contributed by atoms with E-state index in [4.69, 9.17) is 0 Å². The molecule has 1 amide bonds. The smallest absolute Gasteiger partial charge is 0.290 e. The van der Waals surface area contributed by atoms with Gasteiger partial charge in [0.2, 0.25) is 5.95 Å². The molecule has 0 radical (unpaired) electrons. The van der Waals surface area contributed by atoms with Gasteiger partial charge in [-0.1, -0.05) is 30.3 Å². The number of hydrogen-bond acceptors (Lipinski definition) is 3. The summed E-state index contributed by atoms with van der Waals surface area (Å²) < 4.78 is 0. The van der Waals surface area contributed by atoms with Crippen molar-refractivity contribution >= 4 is 34.0 Å². The number of aromatic amines is 1. The minimum absolute atomic E-state index is 0.162. The lowest BCUT2D eigenvalue weighted by atomic mass is 10.3. The number of carbonyl (C=O) groups is 1. The van der Waals surface area contributed by atoms with Gasteiger partial charge in [0.15, 0.2) is 0 Å². The monoisotopic (exact) mass is 269 g/mol. The number of nitrogens with zero attached hydrogens (tertiary/aromatic N) is 1. The molecule has 0 atom stereocenters. The molecule has 0 bridgehead atoms. The van der Waals surface area contributed by atoms with Crippen molar-refractivity contribution in [3.63, 3.8) is 0 Å². The van der Waals surface area contributed by atoms with Crippen molar-refractivity contribution in [1.82, 2.24) is 9.97 Å². The predicted octanol–water partition coefficient (Wildman–Crippen LogP) is 3.89. The lowest BCUT2D eigenvalue weighted by Gasteiger charge is -2.00. The number of nitrogens with one attached hydrogen (secondary N) is 2. The van der Waals surface area contributed by atoms with Crippen LogP contribution in [0.1, 0.15) is 0 Å². The van der Waals surface area contributed by atoms with Crippen LogP contribution < -0.4 is 5.32 Å². The third kappa shape index (κ3) is 2.77. The first-order valence-corrected chi connectivity index (χ1v) is 6.61. The molecule has 4 nitrogen and oxygen atoms in total. The number of fused-ring (bicyclic) bond motifs is 1. The van der Waals surface area contributed by atoms with Crippen LogP contribution in [0.5, 0.6) is 0 Å².